The Kier molecular flexibility index (Phi) is 5.40. The normalized spacial score (nSPS) is 14.1. The van der Waals surface area contributed by atoms with Gasteiger partial charge in [0.1, 0.15) is 0 Å². The zero-order valence-electron chi connectivity index (χ0n) is 9.92. The standard InChI is InChI=1S/C11H19BrN2OS/c1-11(2,3)15-7-8(14-13)6-9-4-5-10(12)16-9/h4-5,8,14H,6-7,13H2,1-3H3. The van der Waals surface area contributed by atoms with Crippen LogP contribution in [0.3, 0.4) is 0 Å². The fourth-order valence-corrected chi connectivity index (χ4v) is 2.78. The number of hydrazine groups is 1. The smallest absolute Gasteiger partial charge is 0.0701 e. The summed E-state index contributed by atoms with van der Waals surface area (Å²) in [5, 5.41) is 0. The van der Waals surface area contributed by atoms with E-state index in [1.165, 1.54) is 4.88 Å². The first-order chi connectivity index (χ1) is 7.40. The highest BCUT2D eigenvalue weighted by Crippen LogP contribution is 2.23. The summed E-state index contributed by atoms with van der Waals surface area (Å²) in [7, 11) is 0. The largest absolute Gasteiger partial charge is 0.374 e. The van der Waals surface area contributed by atoms with E-state index in [0.717, 1.165) is 10.2 Å². The van der Waals surface area contributed by atoms with Crippen molar-refractivity contribution in [3.8, 4) is 0 Å². The number of thiophene rings is 1. The van der Waals surface area contributed by atoms with E-state index in [1.807, 2.05) is 20.8 Å². The Morgan fingerprint density at radius 2 is 2.19 bits per heavy atom. The molecule has 0 saturated carbocycles. The van der Waals surface area contributed by atoms with Crippen molar-refractivity contribution in [2.75, 3.05) is 6.61 Å². The van der Waals surface area contributed by atoms with Gasteiger partial charge in [0.25, 0.3) is 0 Å². The first kappa shape index (κ1) is 14.1. The molecule has 1 aromatic heterocycles. The Morgan fingerprint density at radius 1 is 1.50 bits per heavy atom. The third-order valence-corrected chi connectivity index (χ3v) is 3.68. The van der Waals surface area contributed by atoms with Crippen molar-refractivity contribution in [3.63, 3.8) is 0 Å². The fourth-order valence-electron chi connectivity index (χ4n) is 1.22. The average Bonchev–Trinajstić information content (AvgIpc) is 2.57. The molecular weight excluding hydrogens is 288 g/mol. The van der Waals surface area contributed by atoms with E-state index in [0.29, 0.717) is 6.61 Å². The van der Waals surface area contributed by atoms with Crippen molar-refractivity contribution in [3.05, 3.63) is 20.8 Å². The summed E-state index contributed by atoms with van der Waals surface area (Å²) >= 11 is 5.18. The third-order valence-electron chi connectivity index (χ3n) is 2.03. The quantitative estimate of drug-likeness (QED) is 0.649. The predicted octanol–water partition coefficient (Wildman–Crippen LogP) is 2.70. The minimum absolute atomic E-state index is 0.120. The first-order valence-electron chi connectivity index (χ1n) is 5.25. The highest BCUT2D eigenvalue weighted by atomic mass is 79.9. The molecule has 0 aliphatic heterocycles. The summed E-state index contributed by atoms with van der Waals surface area (Å²) in [5.41, 5.74) is 2.68. The van der Waals surface area contributed by atoms with Gasteiger partial charge < -0.3 is 4.74 Å². The Labute approximate surface area is 109 Å². The summed E-state index contributed by atoms with van der Waals surface area (Å²) in [4.78, 5) is 1.30. The molecule has 3 nitrogen and oxygen atoms in total. The van der Waals surface area contributed by atoms with Gasteiger partial charge in [0.15, 0.2) is 0 Å². The van der Waals surface area contributed by atoms with Gasteiger partial charge in [-0.25, -0.2) is 0 Å². The summed E-state index contributed by atoms with van der Waals surface area (Å²) in [6, 6.07) is 4.32. The first-order valence-corrected chi connectivity index (χ1v) is 6.86. The highest BCUT2D eigenvalue weighted by Gasteiger charge is 2.15. The molecule has 0 amide bonds. The lowest BCUT2D eigenvalue weighted by atomic mass is 10.1. The number of nitrogens with one attached hydrogen (secondary N) is 1. The van der Waals surface area contributed by atoms with Gasteiger partial charge in [-0.05, 0) is 48.8 Å². The number of halogens is 1. The van der Waals surface area contributed by atoms with E-state index in [2.05, 4.69) is 33.5 Å². The van der Waals surface area contributed by atoms with Crippen molar-refractivity contribution < 1.29 is 4.74 Å². The molecule has 1 rings (SSSR count). The minimum atomic E-state index is -0.120. The molecule has 0 spiro atoms. The van der Waals surface area contributed by atoms with Crippen molar-refractivity contribution in [2.45, 2.75) is 38.8 Å². The van der Waals surface area contributed by atoms with E-state index in [-0.39, 0.29) is 11.6 Å². The lowest BCUT2D eigenvalue weighted by Gasteiger charge is -2.23. The van der Waals surface area contributed by atoms with Gasteiger partial charge in [-0.1, -0.05) is 0 Å². The zero-order valence-corrected chi connectivity index (χ0v) is 12.3. The lowest BCUT2D eigenvalue weighted by Crippen LogP contribution is -2.42. The summed E-state index contributed by atoms with van der Waals surface area (Å²) in [5.74, 6) is 5.52. The van der Waals surface area contributed by atoms with Crippen LogP contribution >= 0.6 is 27.3 Å². The lowest BCUT2D eigenvalue weighted by molar-refractivity contribution is -0.0142. The second-order valence-electron chi connectivity index (χ2n) is 4.70. The van der Waals surface area contributed by atoms with Gasteiger partial charge in [-0.3, -0.25) is 11.3 Å². The monoisotopic (exact) mass is 306 g/mol. The Bertz CT molecular complexity index is 322. The molecule has 0 fully saturated rings. The molecule has 0 radical (unpaired) electrons. The van der Waals surface area contributed by atoms with Gasteiger partial charge in [0.05, 0.1) is 16.0 Å². The molecule has 1 aromatic rings. The van der Waals surface area contributed by atoms with Gasteiger partial charge in [0, 0.05) is 17.3 Å². The van der Waals surface area contributed by atoms with Crippen LogP contribution in [0, 0.1) is 0 Å². The second-order valence-corrected chi connectivity index (χ2v) is 7.24. The second kappa shape index (κ2) is 6.12. The zero-order chi connectivity index (χ0) is 12.2. The molecule has 0 aliphatic carbocycles. The van der Waals surface area contributed by atoms with Crippen molar-refractivity contribution in [1.29, 1.82) is 0 Å². The number of ether oxygens (including phenoxy) is 1. The molecule has 0 aliphatic rings. The number of nitrogens with two attached hydrogens (primary N) is 1. The van der Waals surface area contributed by atoms with Crippen LogP contribution in [0.1, 0.15) is 25.6 Å². The molecule has 1 unspecified atom stereocenters. The predicted molar refractivity (Wildman–Crippen MR) is 72.5 cm³/mol. The number of rotatable bonds is 5. The molecule has 0 aromatic carbocycles. The number of hydrogen-bond donors (Lipinski definition) is 2. The molecule has 5 heteroatoms. The third kappa shape index (κ3) is 5.41. The minimum Gasteiger partial charge on any atom is -0.374 e. The summed E-state index contributed by atoms with van der Waals surface area (Å²) in [6.07, 6.45) is 0.892. The maximum Gasteiger partial charge on any atom is 0.0701 e. The van der Waals surface area contributed by atoms with Gasteiger partial charge >= 0.3 is 0 Å². The van der Waals surface area contributed by atoms with Crippen LogP contribution in [-0.4, -0.2) is 18.2 Å². The molecule has 92 valence electrons. The van der Waals surface area contributed by atoms with Crippen LogP contribution in [0.2, 0.25) is 0 Å². The van der Waals surface area contributed by atoms with Crippen LogP contribution in [0.5, 0.6) is 0 Å². The summed E-state index contributed by atoms with van der Waals surface area (Å²) in [6.45, 7) is 6.75. The van der Waals surface area contributed by atoms with Crippen molar-refractivity contribution in [2.24, 2.45) is 5.84 Å². The Morgan fingerprint density at radius 3 is 2.62 bits per heavy atom. The Hall–Kier alpha value is 0.0600. The maximum absolute atomic E-state index is 5.71. The van der Waals surface area contributed by atoms with E-state index < -0.39 is 0 Å². The van der Waals surface area contributed by atoms with Crippen LogP contribution in [0.4, 0.5) is 0 Å². The van der Waals surface area contributed by atoms with E-state index in [4.69, 9.17) is 10.6 Å². The van der Waals surface area contributed by atoms with Gasteiger partial charge in [0.2, 0.25) is 0 Å². The molecule has 1 atom stereocenters. The molecule has 1 heterocycles. The van der Waals surface area contributed by atoms with Crippen LogP contribution in [-0.2, 0) is 11.2 Å². The summed E-state index contributed by atoms with van der Waals surface area (Å²) < 4.78 is 6.86. The van der Waals surface area contributed by atoms with Crippen LogP contribution < -0.4 is 11.3 Å². The average molecular weight is 307 g/mol. The van der Waals surface area contributed by atoms with E-state index in [1.54, 1.807) is 11.3 Å². The molecular formula is C11H19BrN2OS. The van der Waals surface area contributed by atoms with Gasteiger partial charge in [-0.15, -0.1) is 11.3 Å². The Balaban J connectivity index is 2.43. The maximum atomic E-state index is 5.71. The van der Waals surface area contributed by atoms with E-state index >= 15 is 0 Å². The molecule has 0 saturated heterocycles. The number of hydrogen-bond acceptors (Lipinski definition) is 4. The van der Waals surface area contributed by atoms with Crippen LogP contribution in [0.15, 0.2) is 15.9 Å². The van der Waals surface area contributed by atoms with E-state index in [9.17, 15) is 0 Å². The fraction of sp³-hybridized carbons (Fsp3) is 0.636. The highest BCUT2D eigenvalue weighted by molar-refractivity contribution is 9.11. The topological polar surface area (TPSA) is 47.3 Å². The molecule has 3 N–H and O–H groups in total. The molecule has 0 bridgehead atoms. The SMILES string of the molecule is CC(C)(C)OCC(Cc1ccc(Br)s1)NN. The van der Waals surface area contributed by atoms with Gasteiger partial charge in [-0.2, -0.15) is 0 Å². The van der Waals surface area contributed by atoms with Crippen molar-refractivity contribution in [1.82, 2.24) is 5.43 Å². The van der Waals surface area contributed by atoms with Crippen molar-refractivity contribution >= 4 is 27.3 Å². The molecule has 16 heavy (non-hydrogen) atoms. The van der Waals surface area contributed by atoms with Crippen LogP contribution in [0.25, 0.3) is 0 Å².